The van der Waals surface area contributed by atoms with Gasteiger partial charge in [0.1, 0.15) is 5.69 Å². The van der Waals surface area contributed by atoms with Crippen LogP contribution in [0.15, 0.2) is 36.4 Å². The number of nitrogen functional groups attached to an aromatic ring is 1. The Labute approximate surface area is 162 Å². The summed E-state index contributed by atoms with van der Waals surface area (Å²) in [6.07, 6.45) is -1.32. The highest BCUT2D eigenvalue weighted by Gasteiger charge is 2.23. The third-order valence-corrected chi connectivity index (χ3v) is 3.86. The fourth-order valence-corrected chi connectivity index (χ4v) is 2.23. The Balaban J connectivity index is 2.11. The summed E-state index contributed by atoms with van der Waals surface area (Å²) < 4.78 is 4.97. The van der Waals surface area contributed by atoms with E-state index in [4.69, 9.17) is 22.1 Å². The lowest BCUT2D eigenvalue weighted by atomic mass is 10.2. The minimum absolute atomic E-state index is 0.0353. The van der Waals surface area contributed by atoms with E-state index in [9.17, 15) is 29.8 Å². The summed E-state index contributed by atoms with van der Waals surface area (Å²) in [6, 6.07) is 6.77. The lowest BCUT2D eigenvalue weighted by Gasteiger charge is -2.14. The maximum atomic E-state index is 12.2. The molecular formula is C16H13ClN4O7. The van der Waals surface area contributed by atoms with Crippen molar-refractivity contribution in [1.29, 1.82) is 0 Å². The fraction of sp³-hybridized carbons (Fsp3) is 0.125. The maximum absolute atomic E-state index is 12.2. The van der Waals surface area contributed by atoms with Gasteiger partial charge in [-0.25, -0.2) is 4.79 Å². The van der Waals surface area contributed by atoms with Crippen molar-refractivity contribution in [2.75, 3.05) is 11.1 Å². The predicted octanol–water partition coefficient (Wildman–Crippen LogP) is 2.92. The highest BCUT2D eigenvalue weighted by molar-refractivity contribution is 6.33. The number of carbonyl (C=O) groups is 2. The van der Waals surface area contributed by atoms with Gasteiger partial charge in [-0.3, -0.25) is 25.0 Å². The molecule has 0 aromatic heterocycles. The van der Waals surface area contributed by atoms with Gasteiger partial charge in [-0.05, 0) is 25.1 Å². The molecule has 0 heterocycles. The molecule has 0 saturated heterocycles. The number of hydrogen-bond donors (Lipinski definition) is 2. The third-order valence-electron chi connectivity index (χ3n) is 3.53. The molecule has 28 heavy (non-hydrogen) atoms. The second-order valence-electron chi connectivity index (χ2n) is 5.49. The van der Waals surface area contributed by atoms with Crippen LogP contribution >= 0.6 is 11.6 Å². The molecule has 146 valence electrons. The summed E-state index contributed by atoms with van der Waals surface area (Å²) in [4.78, 5) is 44.6. The van der Waals surface area contributed by atoms with Crippen LogP contribution in [0.4, 0.5) is 22.7 Å². The number of benzene rings is 2. The number of nitrogens with two attached hydrogens (primary N) is 1. The molecule has 11 nitrogen and oxygen atoms in total. The number of nitro benzene ring substituents is 2. The molecule has 0 spiro atoms. The van der Waals surface area contributed by atoms with E-state index in [2.05, 4.69) is 5.32 Å². The van der Waals surface area contributed by atoms with E-state index in [1.54, 1.807) is 0 Å². The highest BCUT2D eigenvalue weighted by atomic mass is 35.5. The molecule has 0 aliphatic carbocycles. The maximum Gasteiger partial charge on any atom is 0.339 e. The van der Waals surface area contributed by atoms with Crippen LogP contribution in [-0.2, 0) is 9.53 Å². The standard InChI is InChI=1S/C16H13ClN4O7/c1-8(15(22)19-13-7-10(20(24)25)3-4-11(13)17)28-16(23)9-2-5-12(18)14(6-9)21(26)27/h2-8H,18H2,1H3,(H,19,22). The summed E-state index contributed by atoms with van der Waals surface area (Å²) in [6.45, 7) is 1.25. The van der Waals surface area contributed by atoms with Gasteiger partial charge in [-0.1, -0.05) is 11.6 Å². The van der Waals surface area contributed by atoms with Crippen molar-refractivity contribution in [3.8, 4) is 0 Å². The minimum atomic E-state index is -1.32. The smallest absolute Gasteiger partial charge is 0.339 e. The number of ether oxygens (including phenoxy) is 1. The number of non-ortho nitro benzene ring substituents is 1. The molecule has 0 radical (unpaired) electrons. The highest BCUT2D eigenvalue weighted by Crippen LogP contribution is 2.27. The molecule has 2 aromatic rings. The average Bonchev–Trinajstić information content (AvgIpc) is 2.63. The number of nitrogens with one attached hydrogen (secondary N) is 1. The van der Waals surface area contributed by atoms with Crippen molar-refractivity contribution in [3.63, 3.8) is 0 Å². The first-order valence-corrected chi connectivity index (χ1v) is 7.97. The topological polar surface area (TPSA) is 168 Å². The Kier molecular flexibility index (Phi) is 6.11. The monoisotopic (exact) mass is 408 g/mol. The number of anilines is 2. The molecule has 0 fully saturated rings. The molecular weight excluding hydrogens is 396 g/mol. The van der Waals surface area contributed by atoms with Crippen LogP contribution < -0.4 is 11.1 Å². The van der Waals surface area contributed by atoms with Crippen LogP contribution in [0, 0.1) is 20.2 Å². The molecule has 2 rings (SSSR count). The van der Waals surface area contributed by atoms with E-state index in [0.717, 1.165) is 18.2 Å². The van der Waals surface area contributed by atoms with Gasteiger partial charge >= 0.3 is 5.97 Å². The average molecular weight is 409 g/mol. The Bertz CT molecular complexity index is 979. The van der Waals surface area contributed by atoms with E-state index in [0.29, 0.717) is 0 Å². The largest absolute Gasteiger partial charge is 0.449 e. The van der Waals surface area contributed by atoms with Crippen LogP contribution in [0.5, 0.6) is 0 Å². The molecule has 1 atom stereocenters. The van der Waals surface area contributed by atoms with Crippen LogP contribution in [-0.4, -0.2) is 27.8 Å². The summed E-state index contributed by atoms with van der Waals surface area (Å²) in [5, 5.41) is 24.1. The van der Waals surface area contributed by atoms with Crippen LogP contribution in [0.1, 0.15) is 17.3 Å². The Morgan fingerprint density at radius 3 is 2.43 bits per heavy atom. The van der Waals surface area contributed by atoms with Gasteiger partial charge in [-0.2, -0.15) is 0 Å². The number of esters is 1. The molecule has 0 aliphatic rings. The van der Waals surface area contributed by atoms with Gasteiger partial charge < -0.3 is 15.8 Å². The van der Waals surface area contributed by atoms with Crippen LogP contribution in [0.3, 0.4) is 0 Å². The first-order chi connectivity index (χ1) is 13.1. The van der Waals surface area contributed by atoms with Gasteiger partial charge in [0.15, 0.2) is 6.10 Å². The molecule has 0 aliphatic heterocycles. The van der Waals surface area contributed by atoms with Crippen molar-refractivity contribution in [3.05, 3.63) is 67.2 Å². The third kappa shape index (κ3) is 4.71. The van der Waals surface area contributed by atoms with Gasteiger partial charge in [0.2, 0.25) is 0 Å². The number of rotatable bonds is 6. The van der Waals surface area contributed by atoms with E-state index in [1.165, 1.54) is 25.1 Å². The summed E-state index contributed by atoms with van der Waals surface area (Å²) >= 11 is 5.89. The van der Waals surface area contributed by atoms with E-state index in [-0.39, 0.29) is 27.6 Å². The Morgan fingerprint density at radius 2 is 1.82 bits per heavy atom. The Hall–Kier alpha value is -3.73. The summed E-state index contributed by atoms with van der Waals surface area (Å²) in [5.41, 5.74) is 4.35. The SMILES string of the molecule is CC(OC(=O)c1ccc(N)c([N+](=O)[O-])c1)C(=O)Nc1cc([N+](=O)[O-])ccc1Cl. The second-order valence-corrected chi connectivity index (χ2v) is 5.90. The number of amides is 1. The van der Waals surface area contributed by atoms with Crippen molar-refractivity contribution < 1.29 is 24.2 Å². The number of nitro groups is 2. The zero-order chi connectivity index (χ0) is 21.0. The van der Waals surface area contributed by atoms with E-state index < -0.39 is 33.5 Å². The first kappa shape index (κ1) is 20.6. The summed E-state index contributed by atoms with van der Waals surface area (Å²) in [7, 11) is 0. The normalized spacial score (nSPS) is 11.4. The molecule has 0 saturated carbocycles. The second kappa shape index (κ2) is 8.31. The molecule has 12 heteroatoms. The molecule has 0 bridgehead atoms. The quantitative estimate of drug-likeness (QED) is 0.318. The fourth-order valence-electron chi connectivity index (χ4n) is 2.07. The summed E-state index contributed by atoms with van der Waals surface area (Å²) in [5.74, 6) is -1.79. The van der Waals surface area contributed by atoms with Crippen molar-refractivity contribution in [2.24, 2.45) is 0 Å². The first-order valence-electron chi connectivity index (χ1n) is 7.60. The molecule has 1 unspecified atom stereocenters. The van der Waals surface area contributed by atoms with Crippen molar-refractivity contribution in [1.82, 2.24) is 0 Å². The zero-order valence-electron chi connectivity index (χ0n) is 14.2. The molecule has 2 aromatic carbocycles. The predicted molar refractivity (Wildman–Crippen MR) is 99.1 cm³/mol. The number of hydrogen-bond acceptors (Lipinski definition) is 8. The zero-order valence-corrected chi connectivity index (χ0v) is 15.0. The number of halogens is 1. The van der Waals surface area contributed by atoms with Crippen molar-refractivity contribution in [2.45, 2.75) is 13.0 Å². The van der Waals surface area contributed by atoms with Gasteiger partial charge in [0.25, 0.3) is 17.3 Å². The van der Waals surface area contributed by atoms with E-state index >= 15 is 0 Å². The van der Waals surface area contributed by atoms with Gasteiger partial charge in [-0.15, -0.1) is 0 Å². The number of carbonyl (C=O) groups excluding carboxylic acids is 2. The van der Waals surface area contributed by atoms with Crippen LogP contribution in [0.2, 0.25) is 5.02 Å². The van der Waals surface area contributed by atoms with Gasteiger partial charge in [0, 0.05) is 18.2 Å². The van der Waals surface area contributed by atoms with Crippen molar-refractivity contribution >= 4 is 46.2 Å². The van der Waals surface area contributed by atoms with Gasteiger partial charge in [0.05, 0.1) is 26.1 Å². The van der Waals surface area contributed by atoms with E-state index in [1.807, 2.05) is 0 Å². The lowest BCUT2D eigenvalue weighted by Crippen LogP contribution is -2.30. The van der Waals surface area contributed by atoms with Crippen LogP contribution in [0.25, 0.3) is 0 Å². The number of nitrogens with zero attached hydrogens (tertiary/aromatic N) is 2. The Morgan fingerprint density at radius 1 is 1.14 bits per heavy atom. The lowest BCUT2D eigenvalue weighted by molar-refractivity contribution is -0.384. The molecule has 3 N–H and O–H groups in total. The molecule has 1 amide bonds. The minimum Gasteiger partial charge on any atom is -0.449 e.